The second-order valence-electron chi connectivity index (χ2n) is 4.40. The van der Waals surface area contributed by atoms with Gasteiger partial charge >= 0.3 is 0 Å². The van der Waals surface area contributed by atoms with Crippen molar-refractivity contribution in [2.24, 2.45) is 5.73 Å². The van der Waals surface area contributed by atoms with E-state index in [4.69, 9.17) is 5.73 Å². The van der Waals surface area contributed by atoms with Gasteiger partial charge in [-0.15, -0.1) is 0 Å². The van der Waals surface area contributed by atoms with Crippen LogP contribution in [0.25, 0.3) is 0 Å². The lowest BCUT2D eigenvalue weighted by Crippen LogP contribution is -2.39. The first-order valence-corrected chi connectivity index (χ1v) is 9.69. The minimum atomic E-state index is -2.62. The van der Waals surface area contributed by atoms with E-state index in [2.05, 4.69) is 0 Å². The van der Waals surface area contributed by atoms with E-state index in [9.17, 15) is 8.00 Å². The van der Waals surface area contributed by atoms with Crippen LogP contribution in [0.3, 0.4) is 0 Å². The van der Waals surface area contributed by atoms with E-state index < -0.39 is 33.6 Å². The fraction of sp³-hybridized carbons (Fsp3) is 0.417. The van der Waals surface area contributed by atoms with Crippen molar-refractivity contribution in [3.05, 3.63) is 30.3 Å². The van der Waals surface area contributed by atoms with Gasteiger partial charge < -0.3 is 13.7 Å². The molecule has 0 saturated heterocycles. The van der Waals surface area contributed by atoms with Gasteiger partial charge in [0.05, 0.1) is 5.28 Å². The van der Waals surface area contributed by atoms with Crippen LogP contribution in [0.1, 0.15) is 19.8 Å². The van der Waals surface area contributed by atoms with E-state index in [0.717, 1.165) is 5.30 Å². The average Bonchev–Trinajstić information content (AvgIpc) is 2.30. The Hall–Kier alpha value is -0.0300. The number of hydrogen-bond acceptors (Lipinski definition) is 3. The maximum absolute atomic E-state index is 12.8. The van der Waals surface area contributed by atoms with Crippen molar-refractivity contribution in [3.8, 4) is 0 Å². The molecular formula is C12H18INO2P-. The topological polar surface area (TPSA) is 66.2 Å². The molecule has 0 aliphatic heterocycles. The molecule has 0 spiro atoms. The van der Waals surface area contributed by atoms with Crippen LogP contribution in [-0.2, 0) is 4.57 Å². The predicted octanol–water partition coefficient (Wildman–Crippen LogP) is 1.81. The van der Waals surface area contributed by atoms with Gasteiger partial charge in [-0.25, -0.2) is 21.1 Å². The van der Waals surface area contributed by atoms with Crippen LogP contribution in [0.15, 0.2) is 30.3 Å². The first kappa shape index (κ1) is 15.0. The highest BCUT2D eigenvalue weighted by atomic mass is 127. The molecule has 0 aliphatic carbocycles. The van der Waals surface area contributed by atoms with Gasteiger partial charge in [-0.3, -0.25) is 0 Å². The van der Waals surface area contributed by atoms with Crippen molar-refractivity contribution in [3.63, 3.8) is 0 Å². The molecule has 0 saturated carbocycles. The molecule has 0 aromatic heterocycles. The summed E-state index contributed by atoms with van der Waals surface area (Å²) in [5.74, 6) is 0. The molecular weight excluding hydrogens is 348 g/mol. The molecule has 0 amide bonds. The molecule has 1 aromatic rings. The average molecular weight is 366 g/mol. The van der Waals surface area contributed by atoms with Gasteiger partial charge in [-0.2, -0.15) is 0 Å². The van der Waals surface area contributed by atoms with Gasteiger partial charge in [-0.05, 0) is 26.4 Å². The lowest BCUT2D eigenvalue weighted by molar-refractivity contribution is -0.0715. The van der Waals surface area contributed by atoms with Crippen molar-refractivity contribution in [2.75, 3.05) is 6.66 Å². The van der Waals surface area contributed by atoms with Gasteiger partial charge in [0.1, 0.15) is 7.14 Å². The summed E-state index contributed by atoms with van der Waals surface area (Å²) in [6.07, 6.45) is 1.26. The Bertz CT molecular complexity index is 431. The molecule has 1 aromatic carbocycles. The molecule has 2 unspecified atom stereocenters. The molecule has 0 heterocycles. The largest absolute Gasteiger partial charge is 0.799 e. The van der Waals surface area contributed by atoms with Gasteiger partial charge in [0, 0.05) is 5.30 Å². The SMILES string of the molecule is CC(N)(CCC=I[O-])P(C)(=O)c1ccccc1. The maximum atomic E-state index is 12.8. The van der Waals surface area contributed by atoms with Crippen LogP contribution in [0.4, 0.5) is 0 Å². The third-order valence-electron chi connectivity index (χ3n) is 3.05. The third-order valence-corrected chi connectivity index (χ3v) is 7.49. The Morgan fingerprint density at radius 3 is 2.59 bits per heavy atom. The number of nitrogens with two attached hydrogens (primary N) is 1. The number of hydrogen-bond donors (Lipinski definition) is 1. The lowest BCUT2D eigenvalue weighted by Gasteiger charge is -2.32. The minimum Gasteiger partial charge on any atom is -0.799 e. The van der Waals surface area contributed by atoms with E-state index >= 15 is 0 Å². The van der Waals surface area contributed by atoms with Crippen LogP contribution in [0, 0.1) is 0 Å². The molecule has 0 fully saturated rings. The Labute approximate surface area is 113 Å². The standard InChI is InChI=1S/C12H18INO2P/c1-12(14,9-6-10-13-15)17(2,16)11-7-4-3-5-8-11/h3-5,7-8,10H,6,9,14H2,1-2H3/q-1. The summed E-state index contributed by atoms with van der Waals surface area (Å²) in [5.41, 5.74) is 6.19. The summed E-state index contributed by atoms with van der Waals surface area (Å²) >= 11 is -1.06. The third kappa shape index (κ3) is 3.71. The molecule has 0 aliphatic rings. The highest BCUT2D eigenvalue weighted by molar-refractivity contribution is 14.1. The monoisotopic (exact) mass is 366 g/mol. The van der Waals surface area contributed by atoms with Crippen molar-refractivity contribution in [1.29, 1.82) is 0 Å². The number of halogens is 1. The zero-order valence-electron chi connectivity index (χ0n) is 10.1. The molecule has 2 atom stereocenters. The van der Waals surface area contributed by atoms with Crippen LogP contribution in [0.2, 0.25) is 0 Å². The van der Waals surface area contributed by atoms with Crippen LogP contribution in [0.5, 0.6) is 0 Å². The van der Waals surface area contributed by atoms with Crippen LogP contribution >= 0.6 is 28.3 Å². The summed E-state index contributed by atoms with van der Waals surface area (Å²) < 4.78 is 25.0. The van der Waals surface area contributed by atoms with E-state index in [1.807, 2.05) is 37.3 Å². The van der Waals surface area contributed by atoms with Crippen molar-refractivity contribution >= 4 is 37.6 Å². The summed E-state index contributed by atoms with van der Waals surface area (Å²) in [6.45, 7) is 3.55. The first-order chi connectivity index (χ1) is 7.92. The van der Waals surface area contributed by atoms with Gasteiger partial charge in [0.25, 0.3) is 0 Å². The lowest BCUT2D eigenvalue weighted by atomic mass is 10.2. The highest BCUT2D eigenvalue weighted by Crippen LogP contribution is 2.52. The van der Waals surface area contributed by atoms with Crippen LogP contribution < -0.4 is 14.5 Å². The smallest absolute Gasteiger partial charge is 0.131 e. The van der Waals surface area contributed by atoms with Crippen molar-refractivity contribution in [1.82, 2.24) is 0 Å². The fourth-order valence-corrected chi connectivity index (χ4v) is 4.06. The minimum absolute atomic E-state index is 0.595. The summed E-state index contributed by atoms with van der Waals surface area (Å²) in [5, 5.41) is 0.0610. The quantitative estimate of drug-likeness (QED) is 0.639. The fourth-order valence-electron chi connectivity index (χ4n) is 1.61. The molecule has 17 heavy (non-hydrogen) atoms. The Balaban J connectivity index is 2.92. The van der Waals surface area contributed by atoms with Gasteiger partial charge in [0.2, 0.25) is 0 Å². The molecule has 5 heteroatoms. The molecule has 0 bridgehead atoms. The molecule has 0 radical (unpaired) electrons. The normalized spacial score (nSPS) is 19.3. The second-order valence-corrected chi connectivity index (χ2v) is 9.17. The van der Waals surface area contributed by atoms with E-state index in [-0.39, 0.29) is 0 Å². The van der Waals surface area contributed by atoms with Gasteiger partial charge in [0.15, 0.2) is 0 Å². The van der Waals surface area contributed by atoms with Crippen molar-refractivity contribution in [2.45, 2.75) is 25.0 Å². The zero-order chi connectivity index (χ0) is 12.9. The summed E-state index contributed by atoms with van der Waals surface area (Å²) in [7, 11) is -2.62. The Kier molecular flexibility index (Phi) is 5.51. The predicted molar refractivity (Wildman–Crippen MR) is 81.5 cm³/mol. The summed E-state index contributed by atoms with van der Waals surface area (Å²) in [4.78, 5) is 0. The number of rotatable bonds is 5. The molecule has 2 N–H and O–H groups in total. The van der Waals surface area contributed by atoms with Crippen LogP contribution in [-0.4, -0.2) is 16.0 Å². The zero-order valence-corrected chi connectivity index (χ0v) is 13.1. The van der Waals surface area contributed by atoms with E-state index in [0.29, 0.717) is 12.8 Å². The molecule has 1 rings (SSSR count). The molecule has 96 valence electrons. The second kappa shape index (κ2) is 6.23. The van der Waals surface area contributed by atoms with Gasteiger partial charge in [-0.1, -0.05) is 34.3 Å². The summed E-state index contributed by atoms with van der Waals surface area (Å²) in [6, 6.07) is 9.35. The maximum Gasteiger partial charge on any atom is 0.131 e. The number of benzene rings is 1. The first-order valence-electron chi connectivity index (χ1n) is 5.41. The highest BCUT2D eigenvalue weighted by Gasteiger charge is 2.37. The van der Waals surface area contributed by atoms with E-state index in [1.54, 1.807) is 10.7 Å². The molecule has 3 nitrogen and oxygen atoms in total. The Morgan fingerprint density at radius 1 is 1.47 bits per heavy atom. The Morgan fingerprint density at radius 2 is 2.06 bits per heavy atom. The van der Waals surface area contributed by atoms with E-state index in [1.165, 1.54) is 0 Å². The van der Waals surface area contributed by atoms with Crippen molar-refractivity contribution < 1.29 is 8.00 Å².